The molecule has 1 atom stereocenters. The molecule has 0 fully saturated rings. The van der Waals surface area contributed by atoms with Crippen LogP contribution in [0.3, 0.4) is 0 Å². The Kier molecular flexibility index (Phi) is 4.85. The lowest BCUT2D eigenvalue weighted by Crippen LogP contribution is -2.22. The molecule has 16 heavy (non-hydrogen) atoms. The highest BCUT2D eigenvalue weighted by molar-refractivity contribution is 9.10. The van der Waals surface area contributed by atoms with Gasteiger partial charge in [-0.2, -0.15) is 0 Å². The highest BCUT2D eigenvalue weighted by atomic mass is 79.9. The van der Waals surface area contributed by atoms with Gasteiger partial charge in [-0.1, -0.05) is 21.9 Å². The van der Waals surface area contributed by atoms with Gasteiger partial charge >= 0.3 is 0 Å². The summed E-state index contributed by atoms with van der Waals surface area (Å²) in [6.07, 6.45) is 5.34. The lowest BCUT2D eigenvalue weighted by Gasteiger charge is -2.23. The number of rotatable bonds is 4. The topological polar surface area (TPSA) is 15.3 Å². The zero-order valence-corrected chi connectivity index (χ0v) is 11.5. The van der Waals surface area contributed by atoms with Crippen LogP contribution >= 0.6 is 15.9 Å². The molecule has 0 bridgehead atoms. The molecule has 0 amide bonds. The van der Waals surface area contributed by atoms with Crippen molar-refractivity contribution in [2.75, 3.05) is 25.5 Å². The number of anilines is 1. The Morgan fingerprint density at radius 3 is 2.81 bits per heavy atom. The average Bonchev–Trinajstić information content (AvgIpc) is 2.28. The third-order valence-corrected chi connectivity index (χ3v) is 3.12. The SMILES string of the molecule is C#CCN(C)c1ccc(Br)cc1C(C)NC. The second-order valence-corrected chi connectivity index (χ2v) is 4.69. The van der Waals surface area contributed by atoms with Crippen molar-refractivity contribution in [3.8, 4) is 12.3 Å². The predicted molar refractivity (Wildman–Crippen MR) is 73.7 cm³/mol. The molecule has 3 heteroatoms. The van der Waals surface area contributed by atoms with Crippen molar-refractivity contribution in [1.29, 1.82) is 0 Å². The Bertz CT molecular complexity index is 395. The first-order valence-corrected chi connectivity index (χ1v) is 6.00. The van der Waals surface area contributed by atoms with Crippen LogP contribution in [0.2, 0.25) is 0 Å². The first kappa shape index (κ1) is 13.1. The van der Waals surface area contributed by atoms with Crippen LogP contribution in [0, 0.1) is 12.3 Å². The summed E-state index contributed by atoms with van der Waals surface area (Å²) < 4.78 is 1.09. The second kappa shape index (κ2) is 5.93. The van der Waals surface area contributed by atoms with Crippen LogP contribution in [0.4, 0.5) is 5.69 Å². The van der Waals surface area contributed by atoms with Crippen molar-refractivity contribution < 1.29 is 0 Å². The standard InChI is InChI=1S/C13H17BrN2/c1-5-8-16(4)13-7-6-11(14)9-12(13)10(2)15-3/h1,6-7,9-10,15H,8H2,2-4H3. The molecule has 86 valence electrons. The smallest absolute Gasteiger partial charge is 0.0788 e. The molecule has 0 aliphatic rings. The minimum Gasteiger partial charge on any atom is -0.363 e. The van der Waals surface area contributed by atoms with Crippen molar-refractivity contribution in [1.82, 2.24) is 5.32 Å². The minimum absolute atomic E-state index is 0.299. The molecular weight excluding hydrogens is 264 g/mol. The zero-order valence-electron chi connectivity index (χ0n) is 9.92. The first-order valence-electron chi connectivity index (χ1n) is 5.21. The maximum absolute atomic E-state index is 5.34. The number of halogens is 1. The van der Waals surface area contributed by atoms with Gasteiger partial charge in [-0.15, -0.1) is 6.42 Å². The van der Waals surface area contributed by atoms with E-state index in [1.807, 2.05) is 20.2 Å². The number of nitrogens with one attached hydrogen (secondary N) is 1. The van der Waals surface area contributed by atoms with Crippen molar-refractivity contribution in [3.63, 3.8) is 0 Å². The largest absolute Gasteiger partial charge is 0.363 e. The van der Waals surface area contributed by atoms with E-state index in [1.54, 1.807) is 0 Å². The normalized spacial score (nSPS) is 11.9. The van der Waals surface area contributed by atoms with E-state index in [0.717, 1.165) is 4.47 Å². The highest BCUT2D eigenvalue weighted by Gasteiger charge is 2.12. The van der Waals surface area contributed by atoms with E-state index in [-0.39, 0.29) is 0 Å². The van der Waals surface area contributed by atoms with E-state index in [2.05, 4.69) is 51.1 Å². The molecular formula is C13H17BrN2. The summed E-state index contributed by atoms with van der Waals surface area (Å²) in [5.74, 6) is 2.66. The molecule has 1 aromatic carbocycles. The van der Waals surface area contributed by atoms with Crippen molar-refractivity contribution >= 4 is 21.6 Å². The van der Waals surface area contributed by atoms with Crippen LogP contribution in [0.15, 0.2) is 22.7 Å². The molecule has 0 saturated carbocycles. The summed E-state index contributed by atoms with van der Waals surface area (Å²) in [5.41, 5.74) is 2.41. The number of nitrogens with zero attached hydrogens (tertiary/aromatic N) is 1. The van der Waals surface area contributed by atoms with Crippen LogP contribution in [0.5, 0.6) is 0 Å². The number of benzene rings is 1. The van der Waals surface area contributed by atoms with Gasteiger partial charge in [0, 0.05) is 23.2 Å². The molecule has 0 spiro atoms. The summed E-state index contributed by atoms with van der Waals surface area (Å²) in [6.45, 7) is 2.75. The molecule has 1 aromatic rings. The van der Waals surface area contributed by atoms with Gasteiger partial charge in [-0.25, -0.2) is 0 Å². The third kappa shape index (κ3) is 3.01. The summed E-state index contributed by atoms with van der Waals surface area (Å²) in [7, 11) is 3.96. The fourth-order valence-electron chi connectivity index (χ4n) is 1.60. The van der Waals surface area contributed by atoms with E-state index in [0.29, 0.717) is 12.6 Å². The Labute approximate surface area is 106 Å². The van der Waals surface area contributed by atoms with Gasteiger partial charge in [0.15, 0.2) is 0 Å². The molecule has 0 saturated heterocycles. The fraction of sp³-hybridized carbons (Fsp3) is 0.385. The van der Waals surface area contributed by atoms with Gasteiger partial charge in [0.2, 0.25) is 0 Å². The number of terminal acetylenes is 1. The maximum Gasteiger partial charge on any atom is 0.0788 e. The van der Waals surface area contributed by atoms with E-state index in [4.69, 9.17) is 6.42 Å². The van der Waals surface area contributed by atoms with Crippen molar-refractivity contribution in [2.24, 2.45) is 0 Å². The highest BCUT2D eigenvalue weighted by Crippen LogP contribution is 2.28. The van der Waals surface area contributed by atoms with Gasteiger partial charge in [-0.3, -0.25) is 0 Å². The van der Waals surface area contributed by atoms with E-state index < -0.39 is 0 Å². The maximum atomic E-state index is 5.34. The summed E-state index contributed by atoms with van der Waals surface area (Å²) in [6, 6.07) is 6.55. The van der Waals surface area contributed by atoms with Gasteiger partial charge in [0.1, 0.15) is 0 Å². The van der Waals surface area contributed by atoms with E-state index in [1.165, 1.54) is 11.3 Å². The minimum atomic E-state index is 0.299. The monoisotopic (exact) mass is 280 g/mol. The Hall–Kier alpha value is -0.980. The summed E-state index contributed by atoms with van der Waals surface area (Å²) >= 11 is 3.50. The van der Waals surface area contributed by atoms with Gasteiger partial charge in [0.25, 0.3) is 0 Å². The Morgan fingerprint density at radius 1 is 1.56 bits per heavy atom. The van der Waals surface area contributed by atoms with Gasteiger partial charge in [-0.05, 0) is 37.7 Å². The third-order valence-electron chi connectivity index (χ3n) is 2.63. The molecule has 1 unspecified atom stereocenters. The van der Waals surface area contributed by atoms with Crippen LogP contribution in [0.1, 0.15) is 18.5 Å². The van der Waals surface area contributed by atoms with E-state index in [9.17, 15) is 0 Å². The zero-order chi connectivity index (χ0) is 12.1. The molecule has 0 aliphatic carbocycles. The molecule has 0 aliphatic heterocycles. The Morgan fingerprint density at radius 2 is 2.25 bits per heavy atom. The lowest BCUT2D eigenvalue weighted by atomic mass is 10.1. The summed E-state index contributed by atoms with van der Waals surface area (Å²) in [4.78, 5) is 2.08. The fourth-order valence-corrected chi connectivity index (χ4v) is 1.98. The number of hydrogen-bond acceptors (Lipinski definition) is 2. The summed E-state index contributed by atoms with van der Waals surface area (Å²) in [5, 5.41) is 3.25. The van der Waals surface area contributed by atoms with Gasteiger partial charge in [0.05, 0.1) is 6.54 Å². The molecule has 0 aromatic heterocycles. The van der Waals surface area contributed by atoms with Crippen LogP contribution in [-0.4, -0.2) is 20.6 Å². The van der Waals surface area contributed by atoms with Crippen molar-refractivity contribution in [2.45, 2.75) is 13.0 Å². The van der Waals surface area contributed by atoms with Crippen LogP contribution in [0.25, 0.3) is 0 Å². The predicted octanol–water partition coefficient (Wildman–Crippen LogP) is 2.80. The molecule has 1 rings (SSSR count). The molecule has 0 radical (unpaired) electrons. The first-order chi connectivity index (χ1) is 7.60. The van der Waals surface area contributed by atoms with Crippen LogP contribution < -0.4 is 10.2 Å². The van der Waals surface area contributed by atoms with Gasteiger partial charge < -0.3 is 10.2 Å². The Balaban J connectivity index is 3.12. The van der Waals surface area contributed by atoms with Crippen molar-refractivity contribution in [3.05, 3.63) is 28.2 Å². The van der Waals surface area contributed by atoms with Crippen LogP contribution in [-0.2, 0) is 0 Å². The lowest BCUT2D eigenvalue weighted by molar-refractivity contribution is 0.650. The molecule has 1 N–H and O–H groups in total. The average molecular weight is 281 g/mol. The molecule has 0 heterocycles. The number of hydrogen-bond donors (Lipinski definition) is 1. The quantitative estimate of drug-likeness (QED) is 0.854. The van der Waals surface area contributed by atoms with E-state index >= 15 is 0 Å². The second-order valence-electron chi connectivity index (χ2n) is 3.77. The molecule has 2 nitrogen and oxygen atoms in total.